The van der Waals surface area contributed by atoms with Crippen molar-refractivity contribution in [1.29, 1.82) is 5.26 Å². The lowest BCUT2D eigenvalue weighted by molar-refractivity contribution is 0.104. The van der Waals surface area contributed by atoms with Crippen LogP contribution in [0, 0.1) is 17.1 Å². The summed E-state index contributed by atoms with van der Waals surface area (Å²) in [5.41, 5.74) is 1.28. The number of halogens is 2. The van der Waals surface area contributed by atoms with Crippen molar-refractivity contribution in [2.75, 3.05) is 0 Å². The van der Waals surface area contributed by atoms with Crippen LogP contribution in [-0.2, 0) is 0 Å². The first-order valence-electron chi connectivity index (χ1n) is 5.78. The second kappa shape index (κ2) is 6.27. The van der Waals surface area contributed by atoms with Crippen molar-refractivity contribution in [3.63, 3.8) is 0 Å². The second-order valence-corrected chi connectivity index (χ2v) is 4.97. The van der Waals surface area contributed by atoms with Gasteiger partial charge in [0.15, 0.2) is 5.78 Å². The third kappa shape index (κ3) is 3.40. The number of nitriles is 1. The predicted molar refractivity (Wildman–Crippen MR) is 78.6 cm³/mol. The molecule has 0 fully saturated rings. The van der Waals surface area contributed by atoms with Crippen molar-refractivity contribution < 1.29 is 9.18 Å². The molecule has 0 heterocycles. The summed E-state index contributed by atoms with van der Waals surface area (Å²) in [5.74, 6) is -0.633. The van der Waals surface area contributed by atoms with Gasteiger partial charge in [0, 0.05) is 15.6 Å². The molecule has 0 unspecified atom stereocenters. The highest BCUT2D eigenvalue weighted by atomic mass is 79.9. The minimum absolute atomic E-state index is 0.242. The quantitative estimate of drug-likeness (QED) is 0.620. The van der Waals surface area contributed by atoms with Gasteiger partial charge in [-0.15, -0.1) is 0 Å². The molecule has 0 aliphatic rings. The number of carbonyl (C=O) groups is 1. The Morgan fingerprint density at radius 1 is 1.20 bits per heavy atom. The molecule has 2 rings (SSSR count). The van der Waals surface area contributed by atoms with E-state index in [0.29, 0.717) is 16.7 Å². The molecule has 0 saturated carbocycles. The average Bonchev–Trinajstić information content (AvgIpc) is 2.48. The third-order valence-electron chi connectivity index (χ3n) is 2.67. The lowest BCUT2D eigenvalue weighted by Crippen LogP contribution is -1.94. The molecular weight excluding hydrogens is 321 g/mol. The highest BCUT2D eigenvalue weighted by Crippen LogP contribution is 2.17. The first-order valence-corrected chi connectivity index (χ1v) is 6.57. The van der Waals surface area contributed by atoms with Crippen LogP contribution < -0.4 is 0 Å². The average molecular weight is 330 g/mol. The molecule has 2 nitrogen and oxygen atoms in total. The van der Waals surface area contributed by atoms with Crippen molar-refractivity contribution in [2.45, 2.75) is 0 Å². The van der Waals surface area contributed by atoms with E-state index in [1.165, 1.54) is 18.2 Å². The zero-order chi connectivity index (χ0) is 14.5. The molecule has 4 heteroatoms. The van der Waals surface area contributed by atoms with E-state index >= 15 is 0 Å². The fourth-order valence-corrected chi connectivity index (χ4v) is 1.99. The minimum atomic E-state index is -0.392. The normalized spacial score (nSPS) is 10.4. The molecule has 0 saturated heterocycles. The Morgan fingerprint density at radius 3 is 2.55 bits per heavy atom. The topological polar surface area (TPSA) is 40.9 Å². The molecular formula is C16H9BrFNO. The maximum atomic E-state index is 13.5. The van der Waals surface area contributed by atoms with Crippen molar-refractivity contribution in [1.82, 2.24) is 0 Å². The molecule has 2 aromatic carbocycles. The second-order valence-electron chi connectivity index (χ2n) is 4.05. The van der Waals surface area contributed by atoms with Crippen LogP contribution in [0.15, 0.2) is 53.0 Å². The van der Waals surface area contributed by atoms with Crippen LogP contribution in [0.2, 0.25) is 0 Å². The van der Waals surface area contributed by atoms with Gasteiger partial charge < -0.3 is 0 Å². The van der Waals surface area contributed by atoms with Gasteiger partial charge in [0.05, 0.1) is 11.6 Å². The molecule has 0 atom stereocenters. The van der Waals surface area contributed by atoms with E-state index in [1.54, 1.807) is 36.4 Å². The molecule has 0 aliphatic heterocycles. The summed E-state index contributed by atoms with van der Waals surface area (Å²) in [6, 6.07) is 12.8. The van der Waals surface area contributed by atoms with Crippen LogP contribution in [0.1, 0.15) is 21.5 Å². The standard InChI is InChI=1S/C16H9BrFNO/c17-14-6-7-15(18)13(9-14)5-8-16(20)12-3-1-11(10-19)2-4-12/h1-9H. The minimum Gasteiger partial charge on any atom is -0.289 e. The van der Waals surface area contributed by atoms with Gasteiger partial charge >= 0.3 is 0 Å². The summed E-state index contributed by atoms with van der Waals surface area (Å²) in [6.45, 7) is 0. The Bertz CT molecular complexity index is 714. The van der Waals surface area contributed by atoms with Crippen LogP contribution >= 0.6 is 15.9 Å². The maximum Gasteiger partial charge on any atom is 0.185 e. The molecule has 2 aromatic rings. The Hall–Kier alpha value is -2.25. The van der Waals surface area contributed by atoms with Gasteiger partial charge in [0.25, 0.3) is 0 Å². The SMILES string of the molecule is N#Cc1ccc(C(=O)C=Cc2cc(Br)ccc2F)cc1. The number of rotatable bonds is 3. The van der Waals surface area contributed by atoms with E-state index in [0.717, 1.165) is 4.47 Å². The van der Waals surface area contributed by atoms with Crippen LogP contribution in [0.5, 0.6) is 0 Å². The predicted octanol–water partition coefficient (Wildman–Crippen LogP) is 4.36. The van der Waals surface area contributed by atoms with E-state index in [-0.39, 0.29) is 5.78 Å². The number of hydrogen-bond acceptors (Lipinski definition) is 2. The molecule has 0 N–H and O–H groups in total. The van der Waals surface area contributed by atoms with E-state index in [4.69, 9.17) is 5.26 Å². The highest BCUT2D eigenvalue weighted by molar-refractivity contribution is 9.10. The first kappa shape index (κ1) is 14.2. The fraction of sp³-hybridized carbons (Fsp3) is 0. The van der Waals surface area contributed by atoms with E-state index in [9.17, 15) is 9.18 Å². The lowest BCUT2D eigenvalue weighted by atomic mass is 10.1. The first-order chi connectivity index (χ1) is 9.60. The zero-order valence-corrected chi connectivity index (χ0v) is 11.9. The number of hydrogen-bond donors (Lipinski definition) is 0. The summed E-state index contributed by atoms with van der Waals surface area (Å²) in [7, 11) is 0. The molecule has 98 valence electrons. The Balaban J connectivity index is 2.20. The number of nitrogens with zero attached hydrogens (tertiary/aromatic N) is 1. The van der Waals surface area contributed by atoms with Crippen LogP contribution in [0.25, 0.3) is 6.08 Å². The molecule has 0 aromatic heterocycles. The largest absolute Gasteiger partial charge is 0.289 e. The van der Waals surface area contributed by atoms with Gasteiger partial charge in [-0.1, -0.05) is 15.9 Å². The smallest absolute Gasteiger partial charge is 0.185 e. The third-order valence-corrected chi connectivity index (χ3v) is 3.16. The highest BCUT2D eigenvalue weighted by Gasteiger charge is 2.03. The van der Waals surface area contributed by atoms with E-state index in [1.807, 2.05) is 6.07 Å². The number of carbonyl (C=O) groups excluding carboxylic acids is 1. The number of allylic oxidation sites excluding steroid dienone is 1. The van der Waals surface area contributed by atoms with Crippen LogP contribution in [-0.4, -0.2) is 5.78 Å². The van der Waals surface area contributed by atoms with Crippen LogP contribution in [0.4, 0.5) is 4.39 Å². The van der Waals surface area contributed by atoms with Crippen molar-refractivity contribution in [3.8, 4) is 6.07 Å². The fourth-order valence-electron chi connectivity index (χ4n) is 1.61. The Labute approximate surface area is 124 Å². The van der Waals surface area contributed by atoms with Gasteiger partial charge in [-0.05, 0) is 54.6 Å². The molecule has 0 bridgehead atoms. The van der Waals surface area contributed by atoms with Crippen molar-refractivity contribution >= 4 is 27.8 Å². The van der Waals surface area contributed by atoms with Gasteiger partial charge in [-0.2, -0.15) is 5.26 Å². The Morgan fingerprint density at radius 2 is 1.90 bits per heavy atom. The summed E-state index contributed by atoms with van der Waals surface area (Å²) in [6.07, 6.45) is 2.74. The summed E-state index contributed by atoms with van der Waals surface area (Å²) >= 11 is 3.25. The van der Waals surface area contributed by atoms with Gasteiger partial charge in [-0.3, -0.25) is 4.79 Å². The van der Waals surface area contributed by atoms with Gasteiger partial charge in [-0.25, -0.2) is 4.39 Å². The van der Waals surface area contributed by atoms with Gasteiger partial charge in [0.2, 0.25) is 0 Å². The summed E-state index contributed by atoms with van der Waals surface area (Å²) in [5, 5.41) is 8.68. The van der Waals surface area contributed by atoms with Gasteiger partial charge in [0.1, 0.15) is 5.82 Å². The molecule has 0 aliphatic carbocycles. The molecule has 0 radical (unpaired) electrons. The Kier molecular flexibility index (Phi) is 4.44. The molecule has 0 amide bonds. The summed E-state index contributed by atoms with van der Waals surface area (Å²) in [4.78, 5) is 11.9. The number of benzene rings is 2. The molecule has 20 heavy (non-hydrogen) atoms. The number of ketones is 1. The van der Waals surface area contributed by atoms with Crippen molar-refractivity contribution in [2.24, 2.45) is 0 Å². The van der Waals surface area contributed by atoms with Crippen LogP contribution in [0.3, 0.4) is 0 Å². The van der Waals surface area contributed by atoms with E-state index < -0.39 is 5.82 Å². The maximum absolute atomic E-state index is 13.5. The molecule has 0 spiro atoms. The lowest BCUT2D eigenvalue weighted by Gasteiger charge is -1.98. The summed E-state index contributed by atoms with van der Waals surface area (Å²) < 4.78 is 14.2. The zero-order valence-electron chi connectivity index (χ0n) is 10.3. The monoisotopic (exact) mass is 329 g/mol. The van der Waals surface area contributed by atoms with E-state index in [2.05, 4.69) is 15.9 Å². The van der Waals surface area contributed by atoms with Crippen molar-refractivity contribution in [3.05, 3.63) is 75.5 Å².